The normalized spacial score (nSPS) is 12.5. The molecular formula is C18H21FN2O3S. The monoisotopic (exact) mass is 364 g/mol. The highest BCUT2D eigenvalue weighted by Crippen LogP contribution is 2.21. The van der Waals surface area contributed by atoms with Crippen molar-refractivity contribution in [2.75, 3.05) is 10.6 Å². The standard InChI is InChI=1S/C18H21FN2O3S/c1-13-4-10-17(11-5-13)21(25(3,23)24)14(2)18(22)20-12-15-6-8-16(19)9-7-15/h4-11,14H,12H2,1-3H3,(H,20,22). The maximum absolute atomic E-state index is 12.9. The zero-order chi connectivity index (χ0) is 18.6. The molecule has 25 heavy (non-hydrogen) atoms. The molecule has 1 N–H and O–H groups in total. The van der Waals surface area contributed by atoms with Gasteiger partial charge in [-0.25, -0.2) is 12.8 Å². The first-order chi connectivity index (χ1) is 11.7. The van der Waals surface area contributed by atoms with Crippen LogP contribution in [-0.2, 0) is 21.4 Å². The molecule has 0 radical (unpaired) electrons. The first-order valence-corrected chi connectivity index (χ1v) is 9.61. The Labute approximate surface area is 147 Å². The van der Waals surface area contributed by atoms with Crippen LogP contribution in [0.5, 0.6) is 0 Å². The summed E-state index contributed by atoms with van der Waals surface area (Å²) in [5.41, 5.74) is 2.14. The largest absolute Gasteiger partial charge is 0.350 e. The number of hydrogen-bond acceptors (Lipinski definition) is 3. The summed E-state index contributed by atoms with van der Waals surface area (Å²) in [6.07, 6.45) is 1.07. The average Bonchev–Trinajstić information content (AvgIpc) is 2.54. The van der Waals surface area contributed by atoms with Crippen LogP contribution in [0.25, 0.3) is 0 Å². The summed E-state index contributed by atoms with van der Waals surface area (Å²) in [5, 5.41) is 2.68. The summed E-state index contributed by atoms with van der Waals surface area (Å²) in [7, 11) is -3.64. The first-order valence-electron chi connectivity index (χ1n) is 7.76. The number of aryl methyl sites for hydroxylation is 1. The van der Waals surface area contributed by atoms with E-state index in [9.17, 15) is 17.6 Å². The van der Waals surface area contributed by atoms with E-state index in [2.05, 4.69) is 5.32 Å². The molecule has 7 heteroatoms. The van der Waals surface area contributed by atoms with Crippen molar-refractivity contribution in [1.82, 2.24) is 5.32 Å². The summed E-state index contributed by atoms with van der Waals surface area (Å²) < 4.78 is 38.4. The molecule has 0 aromatic heterocycles. The smallest absolute Gasteiger partial charge is 0.243 e. The molecule has 0 spiro atoms. The van der Waals surface area contributed by atoms with Crippen molar-refractivity contribution >= 4 is 21.6 Å². The Morgan fingerprint density at radius 3 is 2.20 bits per heavy atom. The van der Waals surface area contributed by atoms with Crippen molar-refractivity contribution in [3.05, 3.63) is 65.5 Å². The molecule has 134 valence electrons. The fourth-order valence-electron chi connectivity index (χ4n) is 2.44. The second-order valence-corrected chi connectivity index (χ2v) is 7.77. The Hall–Kier alpha value is -2.41. The Balaban J connectivity index is 2.15. The predicted octanol–water partition coefficient (Wildman–Crippen LogP) is 2.61. The highest BCUT2D eigenvalue weighted by molar-refractivity contribution is 7.92. The minimum Gasteiger partial charge on any atom is -0.350 e. The highest BCUT2D eigenvalue weighted by Gasteiger charge is 2.28. The molecular weight excluding hydrogens is 343 g/mol. The quantitative estimate of drug-likeness (QED) is 0.857. The van der Waals surface area contributed by atoms with E-state index in [1.165, 1.54) is 19.1 Å². The number of carbonyl (C=O) groups excluding carboxylic acids is 1. The van der Waals surface area contributed by atoms with Gasteiger partial charge in [-0.15, -0.1) is 0 Å². The van der Waals surface area contributed by atoms with Crippen LogP contribution in [-0.4, -0.2) is 26.6 Å². The number of carbonyl (C=O) groups is 1. The SMILES string of the molecule is Cc1ccc(N(C(C)C(=O)NCc2ccc(F)cc2)S(C)(=O)=O)cc1. The molecule has 1 amide bonds. The lowest BCUT2D eigenvalue weighted by molar-refractivity contribution is -0.122. The van der Waals surface area contributed by atoms with Crippen LogP contribution in [0.1, 0.15) is 18.1 Å². The van der Waals surface area contributed by atoms with Gasteiger partial charge in [-0.2, -0.15) is 0 Å². The molecule has 2 aromatic rings. The number of nitrogens with zero attached hydrogens (tertiary/aromatic N) is 1. The number of anilines is 1. The van der Waals surface area contributed by atoms with E-state index in [-0.39, 0.29) is 12.4 Å². The summed E-state index contributed by atoms with van der Waals surface area (Å²) in [5.74, 6) is -0.790. The second-order valence-electron chi connectivity index (χ2n) is 5.91. The van der Waals surface area contributed by atoms with E-state index in [1.807, 2.05) is 6.92 Å². The molecule has 0 aliphatic rings. The molecule has 0 fully saturated rings. The van der Waals surface area contributed by atoms with Crippen molar-refractivity contribution in [3.63, 3.8) is 0 Å². The van der Waals surface area contributed by atoms with Crippen molar-refractivity contribution in [3.8, 4) is 0 Å². The molecule has 0 heterocycles. The summed E-state index contributed by atoms with van der Waals surface area (Å²) in [4.78, 5) is 12.4. The van der Waals surface area contributed by atoms with Gasteiger partial charge < -0.3 is 5.32 Å². The van der Waals surface area contributed by atoms with Crippen LogP contribution in [0.4, 0.5) is 10.1 Å². The van der Waals surface area contributed by atoms with Crippen LogP contribution in [0.3, 0.4) is 0 Å². The fraction of sp³-hybridized carbons (Fsp3) is 0.278. The summed E-state index contributed by atoms with van der Waals surface area (Å²) in [6, 6.07) is 11.7. The number of amides is 1. The van der Waals surface area contributed by atoms with Gasteiger partial charge in [0.15, 0.2) is 0 Å². The lowest BCUT2D eigenvalue weighted by Gasteiger charge is -2.28. The minimum atomic E-state index is -3.64. The lowest BCUT2D eigenvalue weighted by atomic mass is 10.2. The highest BCUT2D eigenvalue weighted by atomic mass is 32.2. The van der Waals surface area contributed by atoms with Gasteiger partial charge in [0.1, 0.15) is 11.9 Å². The van der Waals surface area contributed by atoms with Crippen molar-refractivity contribution in [1.29, 1.82) is 0 Å². The average molecular weight is 364 g/mol. The lowest BCUT2D eigenvalue weighted by Crippen LogP contribution is -2.47. The Bertz CT molecular complexity index is 834. The van der Waals surface area contributed by atoms with E-state index >= 15 is 0 Å². The van der Waals surface area contributed by atoms with E-state index in [0.29, 0.717) is 5.69 Å². The molecule has 0 saturated heterocycles. The maximum Gasteiger partial charge on any atom is 0.243 e. The van der Waals surface area contributed by atoms with E-state index < -0.39 is 22.0 Å². The van der Waals surface area contributed by atoms with Gasteiger partial charge in [0.05, 0.1) is 11.9 Å². The van der Waals surface area contributed by atoms with Crippen LogP contribution in [0.2, 0.25) is 0 Å². The van der Waals surface area contributed by atoms with E-state index in [4.69, 9.17) is 0 Å². The number of rotatable bonds is 6. The molecule has 0 aliphatic heterocycles. The molecule has 0 saturated carbocycles. The van der Waals surface area contributed by atoms with Crippen molar-refractivity contribution in [2.24, 2.45) is 0 Å². The summed E-state index contributed by atoms with van der Waals surface area (Å²) >= 11 is 0. The number of halogens is 1. The molecule has 2 aromatic carbocycles. The Morgan fingerprint density at radius 2 is 1.68 bits per heavy atom. The zero-order valence-electron chi connectivity index (χ0n) is 14.4. The predicted molar refractivity (Wildman–Crippen MR) is 96.2 cm³/mol. The third-order valence-electron chi connectivity index (χ3n) is 3.76. The number of sulfonamides is 1. The number of benzene rings is 2. The van der Waals surface area contributed by atoms with Gasteiger partial charge in [0.2, 0.25) is 15.9 Å². The van der Waals surface area contributed by atoms with Gasteiger partial charge >= 0.3 is 0 Å². The third-order valence-corrected chi connectivity index (χ3v) is 5.00. The maximum atomic E-state index is 12.9. The molecule has 1 atom stereocenters. The molecule has 2 rings (SSSR count). The second kappa shape index (κ2) is 7.65. The van der Waals surface area contributed by atoms with Crippen LogP contribution in [0, 0.1) is 12.7 Å². The third kappa shape index (κ3) is 5.03. The fourth-order valence-corrected chi connectivity index (χ4v) is 3.61. The van der Waals surface area contributed by atoms with Crippen LogP contribution < -0.4 is 9.62 Å². The molecule has 5 nitrogen and oxygen atoms in total. The van der Waals surface area contributed by atoms with E-state index in [1.54, 1.807) is 36.4 Å². The zero-order valence-corrected chi connectivity index (χ0v) is 15.2. The molecule has 1 unspecified atom stereocenters. The number of nitrogens with one attached hydrogen (secondary N) is 1. The van der Waals surface area contributed by atoms with Crippen LogP contribution >= 0.6 is 0 Å². The van der Waals surface area contributed by atoms with Crippen LogP contribution in [0.15, 0.2) is 48.5 Å². The van der Waals surface area contributed by atoms with Crippen molar-refractivity contribution < 1.29 is 17.6 Å². The first kappa shape index (κ1) is 18.9. The van der Waals surface area contributed by atoms with E-state index in [0.717, 1.165) is 21.7 Å². The Morgan fingerprint density at radius 1 is 1.12 bits per heavy atom. The molecule has 0 bridgehead atoms. The van der Waals surface area contributed by atoms with Gasteiger partial charge in [0, 0.05) is 6.54 Å². The topological polar surface area (TPSA) is 66.5 Å². The minimum absolute atomic E-state index is 0.189. The number of hydrogen-bond donors (Lipinski definition) is 1. The van der Waals surface area contributed by atoms with Gasteiger partial charge in [-0.3, -0.25) is 9.10 Å². The van der Waals surface area contributed by atoms with Gasteiger partial charge in [-0.1, -0.05) is 29.8 Å². The summed E-state index contributed by atoms with van der Waals surface area (Å²) in [6.45, 7) is 3.61. The van der Waals surface area contributed by atoms with Crippen molar-refractivity contribution in [2.45, 2.75) is 26.4 Å². The van der Waals surface area contributed by atoms with Gasteiger partial charge in [-0.05, 0) is 43.7 Å². The molecule has 0 aliphatic carbocycles. The van der Waals surface area contributed by atoms with Gasteiger partial charge in [0.25, 0.3) is 0 Å². The Kier molecular flexibility index (Phi) is 5.79.